The molecule has 3 aromatic rings. The van der Waals surface area contributed by atoms with E-state index in [1.807, 2.05) is 24.3 Å². The maximum atomic E-state index is 11.6. The van der Waals surface area contributed by atoms with Crippen molar-refractivity contribution in [1.82, 2.24) is 9.88 Å². The molecule has 0 radical (unpaired) electrons. The fourth-order valence-electron chi connectivity index (χ4n) is 3.64. The lowest BCUT2D eigenvalue weighted by Gasteiger charge is -2.29. The highest BCUT2D eigenvalue weighted by molar-refractivity contribution is 5.94. The SMILES string of the molecule is COC(=O)C1CCN(Cc2coc(-c3cccc4ccccc34)n2)CC1. The molecule has 5 heteroatoms. The molecule has 1 fully saturated rings. The number of hydrogen-bond donors (Lipinski definition) is 0. The van der Waals surface area contributed by atoms with Crippen LogP contribution >= 0.6 is 0 Å². The Bertz CT molecular complexity index is 905. The molecule has 26 heavy (non-hydrogen) atoms. The largest absolute Gasteiger partial charge is 0.469 e. The van der Waals surface area contributed by atoms with Gasteiger partial charge in [0.15, 0.2) is 0 Å². The summed E-state index contributed by atoms with van der Waals surface area (Å²) in [6, 6.07) is 14.4. The van der Waals surface area contributed by atoms with Gasteiger partial charge in [0.2, 0.25) is 5.89 Å². The van der Waals surface area contributed by atoms with Crippen LogP contribution in [0.3, 0.4) is 0 Å². The minimum Gasteiger partial charge on any atom is -0.469 e. The summed E-state index contributed by atoms with van der Waals surface area (Å²) in [6.07, 6.45) is 3.41. The number of carbonyl (C=O) groups excluding carboxylic acids is 1. The molecule has 4 rings (SSSR count). The minimum absolute atomic E-state index is 0.0276. The lowest BCUT2D eigenvalue weighted by atomic mass is 9.97. The van der Waals surface area contributed by atoms with Crippen LogP contribution in [0.25, 0.3) is 22.2 Å². The zero-order chi connectivity index (χ0) is 17.9. The summed E-state index contributed by atoms with van der Waals surface area (Å²) < 4.78 is 10.6. The second-order valence-corrected chi connectivity index (χ2v) is 6.74. The number of rotatable bonds is 4. The number of oxazole rings is 1. The molecule has 0 bridgehead atoms. The van der Waals surface area contributed by atoms with Crippen molar-refractivity contribution in [3.05, 3.63) is 54.4 Å². The van der Waals surface area contributed by atoms with Crippen LogP contribution in [0.5, 0.6) is 0 Å². The molecule has 0 saturated carbocycles. The zero-order valence-corrected chi connectivity index (χ0v) is 14.9. The van der Waals surface area contributed by atoms with Gasteiger partial charge in [-0.05, 0) is 42.8 Å². The van der Waals surface area contributed by atoms with Gasteiger partial charge in [0, 0.05) is 12.1 Å². The quantitative estimate of drug-likeness (QED) is 0.669. The second kappa shape index (κ2) is 7.30. The van der Waals surface area contributed by atoms with Crippen molar-refractivity contribution in [3.63, 3.8) is 0 Å². The lowest BCUT2D eigenvalue weighted by molar-refractivity contribution is -0.147. The molecular weight excluding hydrogens is 328 g/mol. The number of ether oxygens (including phenoxy) is 1. The summed E-state index contributed by atoms with van der Waals surface area (Å²) in [5.41, 5.74) is 1.93. The summed E-state index contributed by atoms with van der Waals surface area (Å²) in [6.45, 7) is 2.48. The number of likely N-dealkylation sites (tertiary alicyclic amines) is 1. The van der Waals surface area contributed by atoms with Crippen LogP contribution in [0.2, 0.25) is 0 Å². The van der Waals surface area contributed by atoms with E-state index in [9.17, 15) is 4.79 Å². The van der Waals surface area contributed by atoms with Crippen LogP contribution in [-0.2, 0) is 16.1 Å². The van der Waals surface area contributed by atoms with E-state index in [2.05, 4.69) is 23.1 Å². The Labute approximate surface area is 152 Å². The van der Waals surface area contributed by atoms with Crippen molar-refractivity contribution in [3.8, 4) is 11.5 Å². The summed E-state index contributed by atoms with van der Waals surface area (Å²) in [5.74, 6) is 0.588. The summed E-state index contributed by atoms with van der Waals surface area (Å²) in [5, 5.41) is 2.32. The van der Waals surface area contributed by atoms with E-state index < -0.39 is 0 Å². The Morgan fingerprint density at radius 3 is 2.77 bits per heavy atom. The second-order valence-electron chi connectivity index (χ2n) is 6.74. The topological polar surface area (TPSA) is 55.6 Å². The molecule has 0 atom stereocenters. The normalized spacial score (nSPS) is 16.0. The first kappa shape index (κ1) is 16.8. The third-order valence-corrected chi connectivity index (χ3v) is 5.08. The molecule has 1 aliphatic rings. The predicted molar refractivity (Wildman–Crippen MR) is 99.5 cm³/mol. The highest BCUT2D eigenvalue weighted by Gasteiger charge is 2.26. The van der Waals surface area contributed by atoms with Crippen LogP contribution in [0.15, 0.2) is 53.1 Å². The fourth-order valence-corrected chi connectivity index (χ4v) is 3.64. The molecule has 0 aliphatic carbocycles. The number of benzene rings is 2. The maximum absolute atomic E-state index is 11.6. The molecule has 2 aromatic carbocycles. The van der Waals surface area contributed by atoms with Crippen molar-refractivity contribution in [2.75, 3.05) is 20.2 Å². The number of aromatic nitrogens is 1. The molecule has 1 aliphatic heterocycles. The van der Waals surface area contributed by atoms with Crippen LogP contribution in [0.1, 0.15) is 18.5 Å². The van der Waals surface area contributed by atoms with Gasteiger partial charge in [-0.15, -0.1) is 0 Å². The van der Waals surface area contributed by atoms with Gasteiger partial charge in [-0.2, -0.15) is 0 Å². The Kier molecular flexibility index (Phi) is 4.71. The molecule has 0 N–H and O–H groups in total. The molecule has 2 heterocycles. The van der Waals surface area contributed by atoms with Gasteiger partial charge in [-0.25, -0.2) is 4.98 Å². The molecule has 0 unspecified atom stereocenters. The van der Waals surface area contributed by atoms with Crippen molar-refractivity contribution >= 4 is 16.7 Å². The summed E-state index contributed by atoms with van der Waals surface area (Å²) in [4.78, 5) is 18.6. The van der Waals surface area contributed by atoms with E-state index in [-0.39, 0.29) is 11.9 Å². The Morgan fingerprint density at radius 1 is 1.19 bits per heavy atom. The number of hydrogen-bond acceptors (Lipinski definition) is 5. The van der Waals surface area contributed by atoms with Gasteiger partial charge in [0.1, 0.15) is 6.26 Å². The van der Waals surface area contributed by atoms with E-state index >= 15 is 0 Å². The van der Waals surface area contributed by atoms with Gasteiger partial charge < -0.3 is 9.15 Å². The van der Waals surface area contributed by atoms with Gasteiger partial charge in [0.05, 0.1) is 18.7 Å². The van der Waals surface area contributed by atoms with Gasteiger partial charge in [-0.3, -0.25) is 9.69 Å². The predicted octanol–water partition coefficient (Wildman–Crippen LogP) is 3.88. The van der Waals surface area contributed by atoms with Gasteiger partial charge >= 0.3 is 5.97 Å². The zero-order valence-electron chi connectivity index (χ0n) is 14.9. The van der Waals surface area contributed by atoms with Gasteiger partial charge in [0.25, 0.3) is 0 Å². The molecule has 0 spiro atoms. The van der Waals surface area contributed by atoms with E-state index in [1.165, 1.54) is 12.5 Å². The number of nitrogens with zero attached hydrogens (tertiary/aromatic N) is 2. The molecule has 0 amide bonds. The smallest absolute Gasteiger partial charge is 0.308 e. The third kappa shape index (κ3) is 3.35. The number of methoxy groups -OCH3 is 1. The first-order valence-corrected chi connectivity index (χ1v) is 8.97. The van der Waals surface area contributed by atoms with E-state index in [1.54, 1.807) is 6.26 Å². The van der Waals surface area contributed by atoms with Crippen LogP contribution in [0.4, 0.5) is 0 Å². The monoisotopic (exact) mass is 350 g/mol. The Morgan fingerprint density at radius 2 is 1.96 bits per heavy atom. The number of esters is 1. The van der Waals surface area contributed by atoms with Crippen molar-refractivity contribution < 1.29 is 13.9 Å². The number of carbonyl (C=O) groups is 1. The minimum atomic E-state index is -0.0932. The van der Waals surface area contributed by atoms with Crippen LogP contribution < -0.4 is 0 Å². The molecule has 5 nitrogen and oxygen atoms in total. The van der Waals surface area contributed by atoms with E-state index in [4.69, 9.17) is 14.1 Å². The average Bonchev–Trinajstić information content (AvgIpc) is 3.15. The average molecular weight is 350 g/mol. The number of piperidine rings is 1. The fraction of sp³-hybridized carbons (Fsp3) is 0.333. The Hall–Kier alpha value is -2.66. The van der Waals surface area contributed by atoms with Crippen LogP contribution in [0, 0.1) is 5.92 Å². The van der Waals surface area contributed by atoms with Crippen LogP contribution in [-0.4, -0.2) is 36.1 Å². The highest BCUT2D eigenvalue weighted by atomic mass is 16.5. The van der Waals surface area contributed by atoms with E-state index in [0.717, 1.165) is 49.1 Å². The van der Waals surface area contributed by atoms with Crippen molar-refractivity contribution in [1.29, 1.82) is 0 Å². The first-order chi connectivity index (χ1) is 12.7. The van der Waals surface area contributed by atoms with Crippen molar-refractivity contribution in [2.45, 2.75) is 19.4 Å². The highest BCUT2D eigenvalue weighted by Crippen LogP contribution is 2.28. The molecule has 1 aromatic heterocycles. The standard InChI is InChI=1S/C21H22N2O3/c1-25-21(24)16-9-11-23(12-10-16)13-17-14-26-20(22-17)19-8-4-6-15-5-2-3-7-18(15)19/h2-8,14,16H,9-13H2,1H3. The number of fused-ring (bicyclic) bond motifs is 1. The summed E-state index contributed by atoms with van der Waals surface area (Å²) in [7, 11) is 1.46. The molecule has 134 valence electrons. The van der Waals surface area contributed by atoms with Gasteiger partial charge in [-0.1, -0.05) is 36.4 Å². The van der Waals surface area contributed by atoms with E-state index in [0.29, 0.717) is 5.89 Å². The van der Waals surface area contributed by atoms with Crippen molar-refractivity contribution in [2.24, 2.45) is 5.92 Å². The first-order valence-electron chi connectivity index (χ1n) is 8.97. The maximum Gasteiger partial charge on any atom is 0.308 e. The Balaban J connectivity index is 1.46. The summed E-state index contributed by atoms with van der Waals surface area (Å²) >= 11 is 0. The molecular formula is C21H22N2O3. The lowest BCUT2D eigenvalue weighted by Crippen LogP contribution is -2.36. The third-order valence-electron chi connectivity index (χ3n) is 5.08. The molecule has 1 saturated heterocycles.